The van der Waals surface area contributed by atoms with E-state index in [9.17, 15) is 9.59 Å². The second-order valence-electron chi connectivity index (χ2n) is 6.43. The first-order valence-corrected chi connectivity index (χ1v) is 8.36. The minimum Gasteiger partial charge on any atom is -0.487 e. The van der Waals surface area contributed by atoms with Crippen molar-refractivity contribution in [3.8, 4) is 11.6 Å². The lowest BCUT2D eigenvalue weighted by Crippen LogP contribution is -2.31. The molecule has 1 atom stereocenters. The molecule has 0 spiro atoms. The van der Waals surface area contributed by atoms with Crippen molar-refractivity contribution in [3.05, 3.63) is 29.7 Å². The van der Waals surface area contributed by atoms with Gasteiger partial charge in [-0.2, -0.15) is 0 Å². The van der Waals surface area contributed by atoms with Crippen molar-refractivity contribution in [2.45, 2.75) is 38.8 Å². The number of nitrogens with one attached hydrogen (secondary N) is 1. The smallest absolute Gasteiger partial charge is 0.252 e. The van der Waals surface area contributed by atoms with E-state index in [0.29, 0.717) is 18.2 Å². The van der Waals surface area contributed by atoms with Gasteiger partial charge in [0, 0.05) is 12.6 Å². The topological polar surface area (TPSA) is 104 Å². The summed E-state index contributed by atoms with van der Waals surface area (Å²) in [5.74, 6) is -1.70. The molecule has 26 heavy (non-hydrogen) atoms. The highest BCUT2D eigenvalue weighted by atomic mass is 19.1. The molecule has 1 aromatic heterocycles. The fourth-order valence-corrected chi connectivity index (χ4v) is 2.88. The molecule has 3 N–H and O–H groups in total. The van der Waals surface area contributed by atoms with Gasteiger partial charge >= 0.3 is 0 Å². The van der Waals surface area contributed by atoms with Crippen molar-refractivity contribution in [2.75, 3.05) is 6.61 Å². The summed E-state index contributed by atoms with van der Waals surface area (Å²) in [6.45, 7) is 3.62. The number of hydrogen-bond acceptors (Lipinski definition) is 5. The number of hydrogen-bond donors (Lipinski definition) is 2. The zero-order valence-corrected chi connectivity index (χ0v) is 14.5. The third-order valence-electron chi connectivity index (χ3n) is 4.04. The van der Waals surface area contributed by atoms with Crippen molar-refractivity contribution >= 4 is 22.6 Å². The summed E-state index contributed by atoms with van der Waals surface area (Å²) in [6, 6.07) is 2.89. The van der Waals surface area contributed by atoms with Crippen LogP contribution in [-0.4, -0.2) is 35.6 Å². The zero-order valence-electron chi connectivity index (χ0n) is 14.5. The Morgan fingerprint density at radius 3 is 2.88 bits per heavy atom. The normalized spacial score (nSPS) is 16.8. The largest absolute Gasteiger partial charge is 0.487 e. The third-order valence-corrected chi connectivity index (χ3v) is 4.04. The second kappa shape index (κ2) is 7.15. The van der Waals surface area contributed by atoms with Crippen LogP contribution in [0.5, 0.6) is 11.6 Å². The first-order valence-electron chi connectivity index (χ1n) is 8.36. The Bertz CT molecular complexity index is 869. The van der Waals surface area contributed by atoms with E-state index in [1.54, 1.807) is 19.9 Å². The maximum Gasteiger partial charge on any atom is 0.252 e. The van der Waals surface area contributed by atoms with Crippen LogP contribution < -0.4 is 20.5 Å². The molecular weight excluding hydrogens is 341 g/mol. The van der Waals surface area contributed by atoms with E-state index in [2.05, 4.69) is 10.3 Å². The minimum absolute atomic E-state index is 0.0330. The van der Waals surface area contributed by atoms with E-state index in [1.807, 2.05) is 0 Å². The SMILES string of the molecule is CC(C)Oc1c(C(N)=O)cc2ccnc(OC[C@@H]3CCC(=O)N3)c2c1F. The van der Waals surface area contributed by atoms with Crippen LogP contribution in [0.25, 0.3) is 10.8 Å². The molecular formula is C18H20FN3O4. The molecule has 0 unspecified atom stereocenters. The second-order valence-corrected chi connectivity index (χ2v) is 6.43. The average Bonchev–Trinajstić information content (AvgIpc) is 3.00. The van der Waals surface area contributed by atoms with Gasteiger partial charge in [0.1, 0.15) is 6.61 Å². The number of primary amides is 1. The summed E-state index contributed by atoms with van der Waals surface area (Å²) >= 11 is 0. The third kappa shape index (κ3) is 3.54. The molecule has 138 valence electrons. The van der Waals surface area contributed by atoms with E-state index in [-0.39, 0.29) is 47.2 Å². The highest BCUT2D eigenvalue weighted by molar-refractivity contribution is 6.02. The van der Waals surface area contributed by atoms with Gasteiger partial charge in [-0.3, -0.25) is 9.59 Å². The number of rotatable bonds is 6. The number of carbonyl (C=O) groups is 2. The fraction of sp³-hybridized carbons (Fsp3) is 0.389. The molecule has 1 aliphatic heterocycles. The Hall–Kier alpha value is -2.90. The number of amides is 2. The quantitative estimate of drug-likeness (QED) is 0.818. The van der Waals surface area contributed by atoms with Gasteiger partial charge in [-0.25, -0.2) is 9.37 Å². The molecule has 3 rings (SSSR count). The molecule has 0 bridgehead atoms. The van der Waals surface area contributed by atoms with Gasteiger partial charge in [-0.1, -0.05) is 0 Å². The number of aromatic nitrogens is 1. The van der Waals surface area contributed by atoms with Crippen LogP contribution >= 0.6 is 0 Å². The van der Waals surface area contributed by atoms with Gasteiger partial charge in [0.2, 0.25) is 11.8 Å². The van der Waals surface area contributed by atoms with Gasteiger partial charge in [0.15, 0.2) is 11.6 Å². The molecule has 2 aromatic rings. The van der Waals surface area contributed by atoms with E-state index in [1.165, 1.54) is 12.3 Å². The molecule has 0 aliphatic carbocycles. The molecule has 1 fully saturated rings. The van der Waals surface area contributed by atoms with Crippen molar-refractivity contribution in [3.63, 3.8) is 0 Å². The molecule has 1 aromatic carbocycles. The summed E-state index contributed by atoms with van der Waals surface area (Å²) in [7, 11) is 0. The van der Waals surface area contributed by atoms with Crippen molar-refractivity contribution in [1.82, 2.24) is 10.3 Å². The highest BCUT2D eigenvalue weighted by Gasteiger charge is 2.24. The highest BCUT2D eigenvalue weighted by Crippen LogP contribution is 2.35. The van der Waals surface area contributed by atoms with Crippen LogP contribution in [-0.2, 0) is 4.79 Å². The van der Waals surface area contributed by atoms with Crippen LogP contribution in [0.4, 0.5) is 4.39 Å². The number of halogens is 1. The van der Waals surface area contributed by atoms with Gasteiger partial charge in [0.05, 0.1) is 23.1 Å². The lowest BCUT2D eigenvalue weighted by molar-refractivity contribution is -0.119. The Morgan fingerprint density at radius 1 is 1.50 bits per heavy atom. The van der Waals surface area contributed by atoms with E-state index < -0.39 is 11.7 Å². The van der Waals surface area contributed by atoms with E-state index in [4.69, 9.17) is 15.2 Å². The van der Waals surface area contributed by atoms with Crippen molar-refractivity contribution in [2.24, 2.45) is 5.73 Å². The lowest BCUT2D eigenvalue weighted by atomic mass is 10.1. The number of benzene rings is 1. The van der Waals surface area contributed by atoms with E-state index >= 15 is 4.39 Å². The number of pyridine rings is 1. The van der Waals surface area contributed by atoms with Crippen LogP contribution in [0.2, 0.25) is 0 Å². The molecule has 1 aliphatic rings. The lowest BCUT2D eigenvalue weighted by Gasteiger charge is -2.17. The minimum atomic E-state index is -0.783. The maximum absolute atomic E-state index is 15.2. The first kappa shape index (κ1) is 17.9. The van der Waals surface area contributed by atoms with Crippen LogP contribution in [0.15, 0.2) is 18.3 Å². The Balaban J connectivity index is 2.01. The predicted octanol–water partition coefficient (Wildman–Crippen LogP) is 1.92. The summed E-state index contributed by atoms with van der Waals surface area (Å²) in [4.78, 5) is 27.1. The molecule has 2 amide bonds. The van der Waals surface area contributed by atoms with Gasteiger partial charge in [-0.05, 0) is 37.8 Å². The number of nitrogens with zero attached hydrogens (tertiary/aromatic N) is 1. The number of ether oxygens (including phenoxy) is 2. The molecule has 7 nitrogen and oxygen atoms in total. The summed E-state index contributed by atoms with van der Waals surface area (Å²) < 4.78 is 26.3. The van der Waals surface area contributed by atoms with Crippen molar-refractivity contribution < 1.29 is 23.5 Å². The van der Waals surface area contributed by atoms with Gasteiger partial charge in [0.25, 0.3) is 5.91 Å². The monoisotopic (exact) mass is 361 g/mol. The number of nitrogens with two attached hydrogens (primary N) is 1. The van der Waals surface area contributed by atoms with Crippen LogP contribution in [0.3, 0.4) is 0 Å². The number of carbonyl (C=O) groups excluding carboxylic acids is 2. The fourth-order valence-electron chi connectivity index (χ4n) is 2.88. The molecule has 1 saturated heterocycles. The molecule has 0 saturated carbocycles. The molecule has 0 radical (unpaired) electrons. The predicted molar refractivity (Wildman–Crippen MR) is 92.6 cm³/mol. The summed E-state index contributed by atoms with van der Waals surface area (Å²) in [5, 5.41) is 3.31. The maximum atomic E-state index is 15.2. The number of fused-ring (bicyclic) bond motifs is 1. The molecule has 2 heterocycles. The van der Waals surface area contributed by atoms with Crippen LogP contribution in [0.1, 0.15) is 37.0 Å². The van der Waals surface area contributed by atoms with Gasteiger partial charge < -0.3 is 20.5 Å². The zero-order chi connectivity index (χ0) is 18.8. The standard InChI is InChI=1S/C18H20FN3O4/c1-9(2)26-16-12(17(20)24)7-10-5-6-21-18(14(10)15(16)19)25-8-11-3-4-13(23)22-11/h5-7,9,11H,3-4,8H2,1-2H3,(H2,20,24)(H,22,23)/t11-/m0/s1. The van der Waals surface area contributed by atoms with E-state index in [0.717, 1.165) is 0 Å². The Labute approximate surface area is 149 Å². The average molecular weight is 361 g/mol. The summed E-state index contributed by atoms with van der Waals surface area (Å²) in [6.07, 6.45) is 2.20. The van der Waals surface area contributed by atoms with Gasteiger partial charge in [-0.15, -0.1) is 0 Å². The van der Waals surface area contributed by atoms with Crippen molar-refractivity contribution in [1.29, 1.82) is 0 Å². The Morgan fingerprint density at radius 2 is 2.27 bits per heavy atom. The first-order chi connectivity index (χ1) is 12.4. The molecule has 8 heteroatoms. The Kier molecular flexibility index (Phi) is 4.92. The summed E-state index contributed by atoms with van der Waals surface area (Å²) in [5.41, 5.74) is 5.33. The van der Waals surface area contributed by atoms with Crippen LogP contribution in [0, 0.1) is 5.82 Å².